The number of carbonyl (C=O) groups excluding carboxylic acids is 1. The van der Waals surface area contributed by atoms with Gasteiger partial charge < -0.3 is 11.1 Å². The molecular weight excluding hydrogens is 288 g/mol. The monoisotopic (exact) mass is 306 g/mol. The molecule has 0 spiro atoms. The molecule has 21 heavy (non-hydrogen) atoms. The smallest absolute Gasteiger partial charge is 0.271 e. The SMILES string of the molecule is CCC(N)Cc1cc(Cl)ccc1-n1ccc(C(=O)NC)n1. The van der Waals surface area contributed by atoms with Crippen LogP contribution in [0.3, 0.4) is 0 Å². The number of nitrogens with two attached hydrogens (primary N) is 1. The Bertz CT molecular complexity index is 638. The summed E-state index contributed by atoms with van der Waals surface area (Å²) in [6.45, 7) is 2.05. The van der Waals surface area contributed by atoms with Crippen molar-refractivity contribution in [3.8, 4) is 5.69 Å². The number of aromatic nitrogens is 2. The van der Waals surface area contributed by atoms with Gasteiger partial charge in [0.1, 0.15) is 0 Å². The van der Waals surface area contributed by atoms with Crippen LogP contribution in [0.25, 0.3) is 5.69 Å². The summed E-state index contributed by atoms with van der Waals surface area (Å²) in [5.74, 6) is -0.213. The van der Waals surface area contributed by atoms with Gasteiger partial charge in [0.15, 0.2) is 5.69 Å². The second-order valence-electron chi connectivity index (χ2n) is 4.87. The van der Waals surface area contributed by atoms with Crippen LogP contribution in [0.4, 0.5) is 0 Å². The molecule has 1 aromatic carbocycles. The minimum absolute atomic E-state index is 0.0659. The summed E-state index contributed by atoms with van der Waals surface area (Å²) in [6.07, 6.45) is 3.35. The summed E-state index contributed by atoms with van der Waals surface area (Å²) in [7, 11) is 1.58. The van der Waals surface area contributed by atoms with E-state index in [1.807, 2.05) is 19.1 Å². The standard InChI is InChI=1S/C15H19ClN4O/c1-3-12(17)9-10-8-11(16)4-5-14(10)20-7-6-13(19-20)15(21)18-2/h4-8,12H,3,9,17H2,1-2H3,(H,18,21). The van der Waals surface area contributed by atoms with E-state index in [2.05, 4.69) is 10.4 Å². The van der Waals surface area contributed by atoms with E-state index in [1.54, 1.807) is 30.1 Å². The number of rotatable bonds is 5. The second kappa shape index (κ2) is 6.74. The molecule has 1 amide bonds. The van der Waals surface area contributed by atoms with Crippen LogP contribution in [0.2, 0.25) is 5.02 Å². The van der Waals surface area contributed by atoms with Gasteiger partial charge >= 0.3 is 0 Å². The van der Waals surface area contributed by atoms with Crippen molar-refractivity contribution in [3.05, 3.63) is 46.7 Å². The highest BCUT2D eigenvalue weighted by atomic mass is 35.5. The highest BCUT2D eigenvalue weighted by Crippen LogP contribution is 2.21. The molecule has 5 nitrogen and oxygen atoms in total. The van der Waals surface area contributed by atoms with Crippen molar-refractivity contribution >= 4 is 17.5 Å². The van der Waals surface area contributed by atoms with Gasteiger partial charge in [0.05, 0.1) is 5.69 Å². The average Bonchev–Trinajstić information content (AvgIpc) is 2.96. The zero-order valence-electron chi connectivity index (χ0n) is 12.1. The van der Waals surface area contributed by atoms with Crippen LogP contribution in [0.15, 0.2) is 30.5 Å². The minimum atomic E-state index is -0.213. The van der Waals surface area contributed by atoms with E-state index < -0.39 is 0 Å². The molecule has 0 fully saturated rings. The van der Waals surface area contributed by atoms with E-state index in [0.717, 1.165) is 17.7 Å². The molecule has 1 unspecified atom stereocenters. The molecule has 0 aliphatic carbocycles. The molecule has 0 bridgehead atoms. The first-order valence-corrected chi connectivity index (χ1v) is 7.25. The molecule has 0 aliphatic rings. The van der Waals surface area contributed by atoms with Crippen molar-refractivity contribution in [2.24, 2.45) is 5.73 Å². The summed E-state index contributed by atoms with van der Waals surface area (Å²) < 4.78 is 1.68. The maximum Gasteiger partial charge on any atom is 0.271 e. The number of amides is 1. The number of hydrogen-bond acceptors (Lipinski definition) is 3. The molecule has 2 aromatic rings. The molecular formula is C15H19ClN4O. The molecule has 1 heterocycles. The molecule has 1 atom stereocenters. The van der Waals surface area contributed by atoms with Crippen molar-refractivity contribution in [2.45, 2.75) is 25.8 Å². The van der Waals surface area contributed by atoms with Crippen molar-refractivity contribution in [1.82, 2.24) is 15.1 Å². The van der Waals surface area contributed by atoms with E-state index in [4.69, 9.17) is 17.3 Å². The topological polar surface area (TPSA) is 72.9 Å². The van der Waals surface area contributed by atoms with Crippen molar-refractivity contribution in [3.63, 3.8) is 0 Å². The number of nitrogens with zero attached hydrogens (tertiary/aromatic N) is 2. The minimum Gasteiger partial charge on any atom is -0.354 e. The molecule has 0 saturated heterocycles. The number of hydrogen-bond donors (Lipinski definition) is 2. The average molecular weight is 307 g/mol. The Hall–Kier alpha value is -1.85. The van der Waals surface area contributed by atoms with Gasteiger partial charge in [-0.2, -0.15) is 5.10 Å². The molecule has 2 rings (SSSR count). The van der Waals surface area contributed by atoms with Crippen LogP contribution in [-0.2, 0) is 6.42 Å². The molecule has 0 saturated carbocycles. The molecule has 6 heteroatoms. The maximum absolute atomic E-state index is 11.6. The lowest BCUT2D eigenvalue weighted by Crippen LogP contribution is -2.22. The third-order valence-electron chi connectivity index (χ3n) is 3.34. The van der Waals surface area contributed by atoms with Crippen LogP contribution in [-0.4, -0.2) is 28.8 Å². The Balaban J connectivity index is 2.38. The van der Waals surface area contributed by atoms with Crippen molar-refractivity contribution in [2.75, 3.05) is 7.05 Å². The zero-order chi connectivity index (χ0) is 15.4. The van der Waals surface area contributed by atoms with E-state index in [0.29, 0.717) is 17.1 Å². The van der Waals surface area contributed by atoms with E-state index >= 15 is 0 Å². The van der Waals surface area contributed by atoms with E-state index in [1.165, 1.54) is 0 Å². The first-order chi connectivity index (χ1) is 10.0. The summed E-state index contributed by atoms with van der Waals surface area (Å²) >= 11 is 6.07. The number of halogens is 1. The normalized spacial score (nSPS) is 12.2. The lowest BCUT2D eigenvalue weighted by Gasteiger charge is -2.14. The number of carbonyl (C=O) groups is 1. The molecule has 3 N–H and O–H groups in total. The zero-order valence-corrected chi connectivity index (χ0v) is 12.9. The fourth-order valence-electron chi connectivity index (χ4n) is 2.08. The maximum atomic E-state index is 11.6. The predicted octanol–water partition coefficient (Wildman–Crippen LogP) is 2.17. The number of benzene rings is 1. The highest BCUT2D eigenvalue weighted by molar-refractivity contribution is 6.30. The Morgan fingerprint density at radius 1 is 1.48 bits per heavy atom. The van der Waals surface area contributed by atoms with Crippen molar-refractivity contribution < 1.29 is 4.79 Å². The Kier molecular flexibility index (Phi) is 4.98. The highest BCUT2D eigenvalue weighted by Gasteiger charge is 2.12. The van der Waals surface area contributed by atoms with Gasteiger partial charge in [-0.1, -0.05) is 18.5 Å². The van der Waals surface area contributed by atoms with Gasteiger partial charge in [-0.05, 0) is 42.7 Å². The molecule has 0 radical (unpaired) electrons. The first-order valence-electron chi connectivity index (χ1n) is 6.87. The molecule has 112 valence electrons. The molecule has 0 aliphatic heterocycles. The van der Waals surface area contributed by atoms with Crippen LogP contribution in [0.5, 0.6) is 0 Å². The van der Waals surface area contributed by atoms with Gasteiger partial charge in [-0.15, -0.1) is 0 Å². The van der Waals surface area contributed by atoms with Crippen LogP contribution >= 0.6 is 11.6 Å². The van der Waals surface area contributed by atoms with Gasteiger partial charge in [0.25, 0.3) is 5.91 Å². The Morgan fingerprint density at radius 3 is 2.90 bits per heavy atom. The fourth-order valence-corrected chi connectivity index (χ4v) is 2.27. The first kappa shape index (κ1) is 15.5. The van der Waals surface area contributed by atoms with Gasteiger partial charge in [-0.3, -0.25) is 4.79 Å². The van der Waals surface area contributed by atoms with Gasteiger partial charge in [-0.25, -0.2) is 4.68 Å². The summed E-state index contributed by atoms with van der Waals surface area (Å²) in [6, 6.07) is 7.33. The van der Waals surface area contributed by atoms with E-state index in [-0.39, 0.29) is 11.9 Å². The third kappa shape index (κ3) is 3.62. The van der Waals surface area contributed by atoms with Crippen LogP contribution in [0, 0.1) is 0 Å². The van der Waals surface area contributed by atoms with Crippen LogP contribution in [0.1, 0.15) is 29.4 Å². The van der Waals surface area contributed by atoms with Gasteiger partial charge in [0.2, 0.25) is 0 Å². The van der Waals surface area contributed by atoms with Crippen LogP contribution < -0.4 is 11.1 Å². The molecule has 1 aromatic heterocycles. The largest absolute Gasteiger partial charge is 0.354 e. The Morgan fingerprint density at radius 2 is 2.24 bits per heavy atom. The third-order valence-corrected chi connectivity index (χ3v) is 3.58. The Labute approximate surface area is 129 Å². The number of nitrogens with one attached hydrogen (secondary N) is 1. The second-order valence-corrected chi connectivity index (χ2v) is 5.31. The quantitative estimate of drug-likeness (QED) is 0.889. The van der Waals surface area contributed by atoms with Crippen molar-refractivity contribution in [1.29, 1.82) is 0 Å². The summed E-state index contributed by atoms with van der Waals surface area (Å²) in [5, 5.41) is 7.51. The summed E-state index contributed by atoms with van der Waals surface area (Å²) in [4.78, 5) is 11.6. The van der Waals surface area contributed by atoms with E-state index in [9.17, 15) is 4.79 Å². The lowest BCUT2D eigenvalue weighted by atomic mass is 10.0. The lowest BCUT2D eigenvalue weighted by molar-refractivity contribution is 0.0957. The summed E-state index contributed by atoms with van der Waals surface area (Å²) in [5.41, 5.74) is 8.32. The predicted molar refractivity (Wildman–Crippen MR) is 83.9 cm³/mol. The fraction of sp³-hybridized carbons (Fsp3) is 0.333. The van der Waals surface area contributed by atoms with Gasteiger partial charge in [0, 0.05) is 24.3 Å².